The molecular formula is C12H15BrN2O. The van der Waals surface area contributed by atoms with E-state index >= 15 is 0 Å². The Morgan fingerprint density at radius 3 is 3.00 bits per heavy atom. The summed E-state index contributed by atoms with van der Waals surface area (Å²) in [7, 11) is 0. The van der Waals surface area contributed by atoms with Crippen molar-refractivity contribution in [3.8, 4) is 0 Å². The van der Waals surface area contributed by atoms with Gasteiger partial charge in [-0.3, -0.25) is 0 Å². The van der Waals surface area contributed by atoms with Crippen molar-refractivity contribution < 1.29 is 4.84 Å². The number of aryl methyl sites for hydroxylation is 1. The van der Waals surface area contributed by atoms with E-state index in [1.165, 1.54) is 0 Å². The minimum atomic E-state index is 0.439. The summed E-state index contributed by atoms with van der Waals surface area (Å²) < 4.78 is 0. The van der Waals surface area contributed by atoms with E-state index in [9.17, 15) is 0 Å². The monoisotopic (exact) mass is 282 g/mol. The Balaban J connectivity index is 2.78. The first-order chi connectivity index (χ1) is 7.65. The number of hydrogen-bond donors (Lipinski definition) is 1. The van der Waals surface area contributed by atoms with Crippen molar-refractivity contribution in [2.45, 2.75) is 13.8 Å². The average molecular weight is 283 g/mol. The molecule has 0 aliphatic heterocycles. The quantitative estimate of drug-likeness (QED) is 0.399. The molecule has 0 aliphatic carbocycles. The molecule has 1 aromatic rings. The lowest BCUT2D eigenvalue weighted by Crippen LogP contribution is -2.02. The van der Waals surface area contributed by atoms with Gasteiger partial charge in [-0.2, -0.15) is 0 Å². The molecule has 1 rings (SSSR count). The second-order valence-electron chi connectivity index (χ2n) is 3.42. The molecule has 0 atom stereocenters. The van der Waals surface area contributed by atoms with Crippen molar-refractivity contribution in [1.29, 1.82) is 0 Å². The van der Waals surface area contributed by atoms with Gasteiger partial charge in [0.2, 0.25) is 0 Å². The third-order valence-electron chi connectivity index (χ3n) is 2.06. The van der Waals surface area contributed by atoms with Gasteiger partial charge in [0.15, 0.2) is 0 Å². The van der Waals surface area contributed by atoms with E-state index in [1.807, 2.05) is 38.1 Å². The fourth-order valence-electron chi connectivity index (χ4n) is 1.25. The van der Waals surface area contributed by atoms with Crippen LogP contribution in [0.1, 0.15) is 18.1 Å². The number of nitrogen functional groups attached to an aromatic ring is 1. The second kappa shape index (κ2) is 6.33. The average Bonchev–Trinajstić information content (AvgIpc) is 2.27. The molecule has 0 bridgehead atoms. The zero-order chi connectivity index (χ0) is 12.0. The number of anilines is 1. The van der Waals surface area contributed by atoms with Crippen molar-refractivity contribution in [3.05, 3.63) is 40.4 Å². The van der Waals surface area contributed by atoms with Gasteiger partial charge in [-0.1, -0.05) is 32.7 Å². The van der Waals surface area contributed by atoms with Gasteiger partial charge >= 0.3 is 0 Å². The molecule has 0 spiro atoms. The lowest BCUT2D eigenvalue weighted by atomic mass is 10.1. The Morgan fingerprint density at radius 2 is 2.31 bits per heavy atom. The third kappa shape index (κ3) is 3.70. The fraction of sp³-hybridized carbons (Fsp3) is 0.250. The summed E-state index contributed by atoms with van der Waals surface area (Å²) in [5.41, 5.74) is 9.43. The summed E-state index contributed by atoms with van der Waals surface area (Å²) >= 11 is 3.15. The van der Waals surface area contributed by atoms with Crippen LogP contribution in [-0.2, 0) is 4.84 Å². The summed E-state index contributed by atoms with van der Waals surface area (Å²) in [6, 6.07) is 5.85. The maximum atomic E-state index is 5.86. The number of oxime groups is 1. The van der Waals surface area contributed by atoms with Crippen molar-refractivity contribution in [2.24, 2.45) is 5.16 Å². The van der Waals surface area contributed by atoms with Crippen molar-refractivity contribution in [2.75, 3.05) is 12.3 Å². The molecule has 0 amide bonds. The summed E-state index contributed by atoms with van der Waals surface area (Å²) in [4.78, 5) is 6.84. The normalized spacial score (nSPS) is 12.1. The highest BCUT2D eigenvalue weighted by atomic mass is 79.9. The van der Waals surface area contributed by atoms with E-state index in [1.54, 1.807) is 4.99 Å². The van der Waals surface area contributed by atoms with Gasteiger partial charge in [-0.15, -0.1) is 0 Å². The maximum absolute atomic E-state index is 5.86. The van der Waals surface area contributed by atoms with Crippen molar-refractivity contribution >= 4 is 27.3 Å². The number of rotatable bonds is 4. The van der Waals surface area contributed by atoms with Crippen molar-refractivity contribution in [3.63, 3.8) is 0 Å². The fourth-order valence-corrected chi connectivity index (χ4v) is 1.40. The summed E-state index contributed by atoms with van der Waals surface area (Å²) in [5.74, 6) is 0. The smallest absolute Gasteiger partial charge is 0.136 e. The van der Waals surface area contributed by atoms with Crippen LogP contribution >= 0.6 is 15.9 Å². The molecular weight excluding hydrogens is 268 g/mol. The molecule has 4 heteroatoms. The first-order valence-electron chi connectivity index (χ1n) is 4.93. The first-order valence-corrected chi connectivity index (χ1v) is 5.85. The van der Waals surface area contributed by atoms with Gasteiger partial charge in [0, 0.05) is 11.3 Å². The Hall–Kier alpha value is -1.29. The van der Waals surface area contributed by atoms with E-state index in [-0.39, 0.29) is 0 Å². The zero-order valence-electron chi connectivity index (χ0n) is 9.40. The number of benzene rings is 1. The van der Waals surface area contributed by atoms with E-state index < -0.39 is 0 Å². The van der Waals surface area contributed by atoms with Crippen LogP contribution in [0.25, 0.3) is 0 Å². The molecule has 1 aromatic carbocycles. The Labute approximate surface area is 104 Å². The highest BCUT2D eigenvalue weighted by Crippen LogP contribution is 2.14. The highest BCUT2D eigenvalue weighted by molar-refractivity contribution is 9.11. The Kier molecular flexibility index (Phi) is 5.05. The Bertz CT molecular complexity index is 413. The molecule has 3 nitrogen and oxygen atoms in total. The number of hydrogen-bond acceptors (Lipinski definition) is 3. The molecule has 0 radical (unpaired) electrons. The van der Waals surface area contributed by atoms with Gasteiger partial charge < -0.3 is 10.6 Å². The van der Waals surface area contributed by atoms with E-state index in [0.29, 0.717) is 12.3 Å². The number of nitrogens with zero attached hydrogens (tertiary/aromatic N) is 1. The van der Waals surface area contributed by atoms with Crippen LogP contribution in [0.3, 0.4) is 0 Å². The highest BCUT2D eigenvalue weighted by Gasteiger charge is 2.03. The lowest BCUT2D eigenvalue weighted by Gasteiger charge is -2.05. The molecule has 0 aliphatic rings. The van der Waals surface area contributed by atoms with Crippen LogP contribution in [0, 0.1) is 6.92 Å². The minimum absolute atomic E-state index is 0.439. The predicted molar refractivity (Wildman–Crippen MR) is 71.8 cm³/mol. The maximum Gasteiger partial charge on any atom is 0.136 e. The summed E-state index contributed by atoms with van der Waals surface area (Å²) in [6.07, 6.45) is 1.82. The predicted octanol–water partition coefficient (Wildman–Crippen LogP) is 3.23. The molecule has 0 saturated heterocycles. The molecule has 2 N–H and O–H groups in total. The zero-order valence-corrected chi connectivity index (χ0v) is 11.0. The lowest BCUT2D eigenvalue weighted by molar-refractivity contribution is 0.175. The second-order valence-corrected chi connectivity index (χ2v) is 3.95. The largest absolute Gasteiger partial charge is 0.398 e. The van der Waals surface area contributed by atoms with E-state index in [4.69, 9.17) is 10.6 Å². The topological polar surface area (TPSA) is 47.6 Å². The molecule has 86 valence electrons. The number of halogens is 1. The molecule has 0 heterocycles. The van der Waals surface area contributed by atoms with Gasteiger partial charge in [0.05, 0.1) is 5.71 Å². The van der Waals surface area contributed by atoms with Crippen LogP contribution in [0.2, 0.25) is 0 Å². The van der Waals surface area contributed by atoms with Gasteiger partial charge in [0.25, 0.3) is 0 Å². The van der Waals surface area contributed by atoms with Crippen LogP contribution in [-0.4, -0.2) is 12.3 Å². The van der Waals surface area contributed by atoms with Crippen LogP contribution in [0.15, 0.2) is 34.4 Å². The standard InChI is InChI=1S/C12H15BrN2O/c1-9-4-5-12(14)11(8-9)10(2)15-16-7-3-6-13/h3-6,8H,7,14H2,1-2H3/b6-3+,15-10+. The molecule has 16 heavy (non-hydrogen) atoms. The van der Waals surface area contributed by atoms with Crippen LogP contribution in [0.4, 0.5) is 5.69 Å². The first kappa shape index (κ1) is 12.8. The SMILES string of the molecule is C/C(=N\OC/C=C/Br)c1cc(C)ccc1N. The summed E-state index contributed by atoms with van der Waals surface area (Å²) in [6.45, 7) is 4.34. The van der Waals surface area contributed by atoms with Gasteiger partial charge in [-0.25, -0.2) is 0 Å². The molecule has 0 saturated carbocycles. The number of nitrogens with two attached hydrogens (primary N) is 1. The molecule has 0 aromatic heterocycles. The van der Waals surface area contributed by atoms with Crippen LogP contribution < -0.4 is 5.73 Å². The Morgan fingerprint density at radius 1 is 1.56 bits per heavy atom. The molecule has 0 fully saturated rings. The van der Waals surface area contributed by atoms with E-state index in [0.717, 1.165) is 16.8 Å². The summed E-state index contributed by atoms with van der Waals surface area (Å²) in [5, 5.41) is 4.00. The third-order valence-corrected chi connectivity index (χ3v) is 2.43. The van der Waals surface area contributed by atoms with E-state index in [2.05, 4.69) is 21.1 Å². The van der Waals surface area contributed by atoms with Crippen LogP contribution in [0.5, 0.6) is 0 Å². The van der Waals surface area contributed by atoms with Gasteiger partial charge in [-0.05, 0) is 37.0 Å². The minimum Gasteiger partial charge on any atom is -0.398 e. The van der Waals surface area contributed by atoms with Crippen molar-refractivity contribution in [1.82, 2.24) is 0 Å². The molecule has 0 unspecified atom stereocenters. The van der Waals surface area contributed by atoms with Gasteiger partial charge in [0.1, 0.15) is 6.61 Å².